The quantitative estimate of drug-likeness (QED) is 0.358. The molecule has 0 bridgehead atoms. The van der Waals surface area contributed by atoms with Gasteiger partial charge in [-0.25, -0.2) is 0 Å². The molecular formula is C31H58. The van der Waals surface area contributed by atoms with Crippen molar-refractivity contribution in [2.75, 3.05) is 0 Å². The first-order valence-corrected chi connectivity index (χ1v) is 14.7. The van der Waals surface area contributed by atoms with Gasteiger partial charge >= 0.3 is 0 Å². The second-order valence-corrected chi connectivity index (χ2v) is 13.2. The van der Waals surface area contributed by atoms with Gasteiger partial charge in [-0.05, 0) is 128 Å². The Bertz CT molecular complexity index is 593. The lowest BCUT2D eigenvalue weighted by Gasteiger charge is -2.68. The van der Waals surface area contributed by atoms with Crippen LogP contribution in [0.3, 0.4) is 0 Å². The molecule has 0 heterocycles. The average Bonchev–Trinajstić information content (AvgIpc) is 3.08. The maximum absolute atomic E-state index is 2.79. The van der Waals surface area contributed by atoms with Crippen molar-refractivity contribution in [3.8, 4) is 0 Å². The maximum atomic E-state index is 2.79. The van der Waals surface area contributed by atoms with Crippen molar-refractivity contribution in [3.63, 3.8) is 0 Å². The van der Waals surface area contributed by atoms with E-state index in [4.69, 9.17) is 0 Å². The zero-order chi connectivity index (χ0) is 23.2. The summed E-state index contributed by atoms with van der Waals surface area (Å²) in [5.74, 6) is 8.07. The van der Waals surface area contributed by atoms with E-state index in [0.717, 1.165) is 47.3 Å². The Kier molecular flexibility index (Phi) is 7.71. The van der Waals surface area contributed by atoms with Crippen molar-refractivity contribution >= 4 is 0 Å². The number of hydrogen-bond acceptors (Lipinski definition) is 0. The molecule has 0 amide bonds. The average molecular weight is 431 g/mol. The summed E-state index contributed by atoms with van der Waals surface area (Å²) in [6.07, 6.45) is 15.4. The summed E-state index contributed by atoms with van der Waals surface area (Å²) >= 11 is 0. The molecule has 5 aliphatic rings. The normalized spacial score (nSPS) is 55.2. The van der Waals surface area contributed by atoms with E-state index >= 15 is 0 Å². The van der Waals surface area contributed by atoms with Gasteiger partial charge in [-0.3, -0.25) is 0 Å². The van der Waals surface area contributed by atoms with Crippen LogP contribution in [-0.4, -0.2) is 0 Å². The summed E-state index contributed by atoms with van der Waals surface area (Å²) in [5, 5.41) is 0. The van der Waals surface area contributed by atoms with E-state index in [9.17, 15) is 0 Å². The molecule has 0 aliphatic heterocycles. The minimum Gasteiger partial charge on any atom is -0.0683 e. The minimum absolute atomic E-state index is 0.645. The lowest BCUT2D eigenvalue weighted by Crippen LogP contribution is -2.60. The highest BCUT2D eigenvalue weighted by Crippen LogP contribution is 2.72. The van der Waals surface area contributed by atoms with Crippen LogP contribution in [0.5, 0.6) is 0 Å². The monoisotopic (exact) mass is 430 g/mol. The Hall–Kier alpha value is 0. The smallest absolute Gasteiger partial charge is 0.0261 e. The summed E-state index contributed by atoms with van der Waals surface area (Å²) in [5.41, 5.74) is 1.99. The molecule has 0 nitrogen and oxygen atoms in total. The molecule has 11 atom stereocenters. The fourth-order valence-corrected chi connectivity index (χ4v) is 10.8. The molecule has 5 aliphatic carbocycles. The molecule has 0 heteroatoms. The predicted octanol–water partition coefficient (Wildman–Crippen LogP) is 10.0. The first-order valence-electron chi connectivity index (χ1n) is 14.7. The predicted molar refractivity (Wildman–Crippen MR) is 138 cm³/mol. The molecule has 11 unspecified atom stereocenters. The van der Waals surface area contributed by atoms with Crippen molar-refractivity contribution in [1.82, 2.24) is 0 Å². The molecule has 0 saturated heterocycles. The van der Waals surface area contributed by atoms with E-state index in [-0.39, 0.29) is 0 Å². The van der Waals surface area contributed by atoms with Crippen molar-refractivity contribution in [3.05, 3.63) is 0 Å². The van der Waals surface area contributed by atoms with Crippen LogP contribution in [0.2, 0.25) is 0 Å². The van der Waals surface area contributed by atoms with Crippen LogP contribution in [0, 0.1) is 63.6 Å². The molecule has 5 rings (SSSR count). The van der Waals surface area contributed by atoms with Gasteiger partial charge in [0.25, 0.3) is 0 Å². The van der Waals surface area contributed by atoms with Crippen molar-refractivity contribution in [2.24, 2.45) is 63.6 Å². The Morgan fingerprint density at radius 3 is 1.74 bits per heavy atom. The van der Waals surface area contributed by atoms with Gasteiger partial charge in [-0.2, -0.15) is 0 Å². The minimum atomic E-state index is 0.645. The summed E-state index contributed by atoms with van der Waals surface area (Å²) in [6.45, 7) is 24.0. The SMILES string of the molecule is CC.CC.CC1CCC2(C)C(CCC3(C)C4CCC5(C)CCC(C)C5C4CCC23)C1C. The fourth-order valence-electron chi connectivity index (χ4n) is 10.8. The molecular weight excluding hydrogens is 372 g/mol. The van der Waals surface area contributed by atoms with Crippen LogP contribution < -0.4 is 0 Å². The fraction of sp³-hybridized carbons (Fsp3) is 1.00. The maximum Gasteiger partial charge on any atom is -0.0261 e. The number of hydrogen-bond donors (Lipinski definition) is 0. The van der Waals surface area contributed by atoms with Gasteiger partial charge in [0.15, 0.2) is 0 Å². The van der Waals surface area contributed by atoms with Crippen LogP contribution in [0.4, 0.5) is 0 Å². The van der Waals surface area contributed by atoms with E-state index < -0.39 is 0 Å². The largest absolute Gasteiger partial charge is 0.0683 e. The molecule has 5 fully saturated rings. The standard InChI is InChI=1S/C27H46.2C2H6/c1-17-10-15-26(5)21(19(17)3)12-16-27(6)22-11-14-25(4)13-9-18(2)24(25)20(22)7-8-23(26)27;2*1-2/h17-24H,7-16H2,1-6H3;2*1-2H3. The van der Waals surface area contributed by atoms with Crippen LogP contribution in [0.25, 0.3) is 0 Å². The summed E-state index contributed by atoms with van der Waals surface area (Å²) in [4.78, 5) is 0. The van der Waals surface area contributed by atoms with Crippen molar-refractivity contribution in [2.45, 2.75) is 133 Å². The van der Waals surface area contributed by atoms with Crippen molar-refractivity contribution in [1.29, 1.82) is 0 Å². The van der Waals surface area contributed by atoms with Gasteiger partial charge in [-0.15, -0.1) is 0 Å². The highest BCUT2D eigenvalue weighted by molar-refractivity contribution is 5.13. The zero-order valence-electron chi connectivity index (χ0n) is 23.2. The van der Waals surface area contributed by atoms with E-state index in [1.165, 1.54) is 32.1 Å². The van der Waals surface area contributed by atoms with E-state index in [0.29, 0.717) is 16.2 Å². The van der Waals surface area contributed by atoms with Gasteiger partial charge in [0, 0.05) is 0 Å². The summed E-state index contributed by atoms with van der Waals surface area (Å²) in [7, 11) is 0. The molecule has 0 aromatic heterocycles. The second-order valence-electron chi connectivity index (χ2n) is 13.2. The third-order valence-corrected chi connectivity index (χ3v) is 12.3. The highest BCUT2D eigenvalue weighted by atomic mass is 14.7. The van der Waals surface area contributed by atoms with E-state index in [2.05, 4.69) is 41.5 Å². The molecule has 0 spiro atoms. The molecule has 0 aromatic carbocycles. The Morgan fingerprint density at radius 2 is 1.06 bits per heavy atom. The molecule has 5 saturated carbocycles. The van der Waals surface area contributed by atoms with Gasteiger partial charge in [-0.1, -0.05) is 69.2 Å². The molecule has 0 N–H and O–H groups in total. The van der Waals surface area contributed by atoms with Crippen LogP contribution in [-0.2, 0) is 0 Å². The molecule has 0 radical (unpaired) electrons. The lowest BCUT2D eigenvalue weighted by atomic mass is 9.37. The van der Waals surface area contributed by atoms with Crippen LogP contribution >= 0.6 is 0 Å². The second kappa shape index (κ2) is 9.33. The van der Waals surface area contributed by atoms with Crippen LogP contribution in [0.1, 0.15) is 133 Å². The van der Waals surface area contributed by atoms with Gasteiger partial charge in [0.05, 0.1) is 0 Å². The van der Waals surface area contributed by atoms with Crippen molar-refractivity contribution < 1.29 is 0 Å². The van der Waals surface area contributed by atoms with Gasteiger partial charge in [0.1, 0.15) is 0 Å². The third kappa shape index (κ3) is 3.77. The molecule has 0 aromatic rings. The van der Waals surface area contributed by atoms with Crippen LogP contribution in [0.15, 0.2) is 0 Å². The molecule has 31 heavy (non-hydrogen) atoms. The highest BCUT2D eigenvalue weighted by Gasteiger charge is 2.64. The summed E-state index contributed by atoms with van der Waals surface area (Å²) in [6, 6.07) is 0. The molecule has 182 valence electrons. The summed E-state index contributed by atoms with van der Waals surface area (Å²) < 4.78 is 0. The third-order valence-electron chi connectivity index (χ3n) is 12.3. The van der Waals surface area contributed by atoms with E-state index in [1.807, 2.05) is 27.7 Å². The van der Waals surface area contributed by atoms with Gasteiger partial charge < -0.3 is 0 Å². The Labute approximate surface area is 197 Å². The van der Waals surface area contributed by atoms with E-state index in [1.54, 1.807) is 32.1 Å². The Balaban J connectivity index is 0.000000645. The Morgan fingerprint density at radius 1 is 0.548 bits per heavy atom. The first-order chi connectivity index (χ1) is 14.7. The number of rotatable bonds is 0. The first kappa shape index (κ1) is 25.6. The lowest BCUT2D eigenvalue weighted by molar-refractivity contribution is -0.189. The number of fused-ring (bicyclic) bond motifs is 7. The topological polar surface area (TPSA) is 0 Å². The van der Waals surface area contributed by atoms with Gasteiger partial charge in [0.2, 0.25) is 0 Å². The zero-order valence-corrected chi connectivity index (χ0v) is 23.2.